The molecule has 0 fully saturated rings. The molecule has 6 heteroatoms. The molecule has 1 aliphatic heterocycles. The van der Waals surface area contributed by atoms with Crippen LogP contribution in [0.5, 0.6) is 0 Å². The van der Waals surface area contributed by atoms with E-state index in [4.69, 9.17) is 4.74 Å². The van der Waals surface area contributed by atoms with Crippen molar-refractivity contribution in [1.29, 1.82) is 0 Å². The maximum Gasteiger partial charge on any atom is 0.412 e. The summed E-state index contributed by atoms with van der Waals surface area (Å²) in [5.74, 6) is -0.787. The number of hydrogen-bond donors (Lipinski definition) is 2. The molecule has 0 saturated heterocycles. The van der Waals surface area contributed by atoms with E-state index >= 15 is 0 Å². The molecule has 1 unspecified atom stereocenters. The summed E-state index contributed by atoms with van der Waals surface area (Å²) < 4.78 is 5.25. The lowest BCUT2D eigenvalue weighted by Crippen LogP contribution is -2.32. The number of aliphatic carboxylic acids is 1. The third kappa shape index (κ3) is 4.41. The first kappa shape index (κ1) is 17.7. The first-order valence-electron chi connectivity index (χ1n) is 7.52. The molecule has 126 valence electrons. The van der Waals surface area contributed by atoms with Crippen LogP contribution < -0.4 is 5.32 Å². The van der Waals surface area contributed by atoms with Crippen LogP contribution in [0.4, 0.5) is 10.5 Å². The highest BCUT2D eigenvalue weighted by atomic mass is 32.2. The van der Waals surface area contributed by atoms with Crippen molar-refractivity contribution in [3.63, 3.8) is 0 Å². The fourth-order valence-electron chi connectivity index (χ4n) is 2.57. The predicted molar refractivity (Wildman–Crippen MR) is 91.2 cm³/mol. The number of ether oxygens (including phenoxy) is 1. The van der Waals surface area contributed by atoms with E-state index in [2.05, 4.69) is 5.32 Å². The number of thioether (sulfide) groups is 1. The van der Waals surface area contributed by atoms with Gasteiger partial charge in [-0.15, -0.1) is 11.8 Å². The molecule has 2 rings (SSSR count). The van der Waals surface area contributed by atoms with Gasteiger partial charge in [0.2, 0.25) is 0 Å². The van der Waals surface area contributed by atoms with E-state index in [1.54, 1.807) is 6.07 Å². The largest absolute Gasteiger partial charge is 0.480 e. The van der Waals surface area contributed by atoms with Gasteiger partial charge >= 0.3 is 12.1 Å². The molecule has 23 heavy (non-hydrogen) atoms. The van der Waals surface area contributed by atoms with Gasteiger partial charge in [0, 0.05) is 10.6 Å². The fourth-order valence-corrected chi connectivity index (χ4v) is 4.08. The second kappa shape index (κ2) is 6.07. The maximum absolute atomic E-state index is 11.9. The Kier molecular flexibility index (Phi) is 4.66. The molecule has 0 bridgehead atoms. The van der Waals surface area contributed by atoms with Crippen LogP contribution in [-0.4, -0.2) is 28.0 Å². The minimum Gasteiger partial charge on any atom is -0.480 e. The first-order chi connectivity index (χ1) is 10.5. The molecule has 2 N–H and O–H groups in total. The minimum atomic E-state index is -0.787. The van der Waals surface area contributed by atoms with Crippen molar-refractivity contribution >= 4 is 29.5 Å². The topological polar surface area (TPSA) is 75.6 Å². The Bertz CT molecular complexity index is 634. The summed E-state index contributed by atoms with van der Waals surface area (Å²) in [5.41, 5.74) is 0.881. The van der Waals surface area contributed by atoms with Crippen molar-refractivity contribution in [2.75, 3.05) is 5.32 Å². The van der Waals surface area contributed by atoms with E-state index in [9.17, 15) is 14.7 Å². The summed E-state index contributed by atoms with van der Waals surface area (Å²) >= 11 is 1.36. The Morgan fingerprint density at radius 1 is 1.35 bits per heavy atom. The van der Waals surface area contributed by atoms with Gasteiger partial charge in [-0.1, -0.05) is 13.8 Å². The number of carboxylic acid groups (broad SMARTS) is 1. The van der Waals surface area contributed by atoms with Crippen molar-refractivity contribution in [2.45, 2.75) is 62.2 Å². The average molecular weight is 337 g/mol. The average Bonchev–Trinajstić information content (AvgIpc) is 2.36. The third-order valence-corrected chi connectivity index (χ3v) is 4.86. The van der Waals surface area contributed by atoms with Crippen LogP contribution >= 0.6 is 11.8 Å². The minimum absolute atomic E-state index is 0.269. The Balaban J connectivity index is 2.23. The number of carboxylic acids is 1. The normalized spacial score (nSPS) is 19.6. The van der Waals surface area contributed by atoms with Gasteiger partial charge in [0.15, 0.2) is 0 Å². The lowest BCUT2D eigenvalue weighted by molar-refractivity contribution is -0.136. The molecule has 1 atom stereocenters. The van der Waals surface area contributed by atoms with Crippen LogP contribution in [0.3, 0.4) is 0 Å². The summed E-state index contributed by atoms with van der Waals surface area (Å²) in [6.45, 7) is 9.49. The summed E-state index contributed by atoms with van der Waals surface area (Å²) in [6, 6.07) is 5.55. The number of nitrogens with one attached hydrogen (secondary N) is 1. The Hall–Kier alpha value is -1.69. The van der Waals surface area contributed by atoms with Crippen LogP contribution in [0.1, 0.15) is 46.6 Å². The molecular weight excluding hydrogens is 314 g/mol. The van der Waals surface area contributed by atoms with Crippen LogP contribution in [0.2, 0.25) is 0 Å². The van der Waals surface area contributed by atoms with Crippen molar-refractivity contribution in [1.82, 2.24) is 0 Å². The molecule has 5 nitrogen and oxygen atoms in total. The lowest BCUT2D eigenvalue weighted by Gasteiger charge is -2.35. The highest BCUT2D eigenvalue weighted by Gasteiger charge is 2.37. The van der Waals surface area contributed by atoms with Gasteiger partial charge in [0.1, 0.15) is 10.9 Å². The molecule has 0 spiro atoms. The summed E-state index contributed by atoms with van der Waals surface area (Å²) in [7, 11) is 0. The molecule has 0 radical (unpaired) electrons. The molecule has 1 heterocycles. The SMILES string of the molecule is CC(C)(C)OC(=O)Nc1ccc2c(c1)C(C)(C)CC(C(=O)O)S2. The smallest absolute Gasteiger partial charge is 0.412 e. The Morgan fingerprint density at radius 2 is 2.00 bits per heavy atom. The van der Waals surface area contributed by atoms with Crippen molar-refractivity contribution in [3.05, 3.63) is 23.8 Å². The van der Waals surface area contributed by atoms with Gasteiger partial charge in [0.25, 0.3) is 0 Å². The van der Waals surface area contributed by atoms with E-state index in [1.807, 2.05) is 46.8 Å². The maximum atomic E-state index is 11.9. The zero-order valence-corrected chi connectivity index (χ0v) is 14.9. The predicted octanol–water partition coefficient (Wildman–Crippen LogP) is 4.26. The molecule has 0 aromatic heterocycles. The Morgan fingerprint density at radius 3 is 2.57 bits per heavy atom. The van der Waals surface area contributed by atoms with Crippen molar-refractivity contribution < 1.29 is 19.4 Å². The summed E-state index contributed by atoms with van der Waals surface area (Å²) in [6.07, 6.45) is 0.0535. The van der Waals surface area contributed by atoms with Crippen LogP contribution in [0, 0.1) is 0 Å². The molecule has 1 aliphatic rings. The van der Waals surface area contributed by atoms with E-state index in [1.165, 1.54) is 11.8 Å². The molecule has 1 aromatic rings. The van der Waals surface area contributed by atoms with E-state index in [-0.39, 0.29) is 5.41 Å². The van der Waals surface area contributed by atoms with Crippen molar-refractivity contribution in [2.24, 2.45) is 0 Å². The number of hydrogen-bond acceptors (Lipinski definition) is 4. The van der Waals surface area contributed by atoms with Crippen LogP contribution in [-0.2, 0) is 14.9 Å². The highest BCUT2D eigenvalue weighted by molar-refractivity contribution is 8.00. The van der Waals surface area contributed by atoms with Gasteiger partial charge in [-0.2, -0.15) is 0 Å². The number of carbonyl (C=O) groups excluding carboxylic acids is 1. The molecule has 1 amide bonds. The molecule has 1 aromatic carbocycles. The standard InChI is InChI=1S/C17H23NO4S/c1-16(2,3)22-15(21)18-10-6-7-12-11(8-10)17(4,5)9-13(23-12)14(19)20/h6-8,13H,9H2,1-5H3,(H,18,21)(H,19,20). The van der Waals surface area contributed by atoms with Gasteiger partial charge in [-0.3, -0.25) is 10.1 Å². The number of fused-ring (bicyclic) bond motifs is 1. The van der Waals surface area contributed by atoms with Gasteiger partial charge in [-0.05, 0) is 56.4 Å². The number of benzene rings is 1. The van der Waals surface area contributed by atoms with Crippen LogP contribution in [0.25, 0.3) is 0 Å². The van der Waals surface area contributed by atoms with Crippen molar-refractivity contribution in [3.8, 4) is 0 Å². The first-order valence-corrected chi connectivity index (χ1v) is 8.40. The van der Waals surface area contributed by atoms with Crippen LogP contribution in [0.15, 0.2) is 23.1 Å². The van der Waals surface area contributed by atoms with Gasteiger partial charge in [-0.25, -0.2) is 4.79 Å². The van der Waals surface area contributed by atoms with Gasteiger partial charge < -0.3 is 9.84 Å². The quantitative estimate of drug-likeness (QED) is 0.843. The zero-order valence-electron chi connectivity index (χ0n) is 14.1. The fraction of sp³-hybridized carbons (Fsp3) is 0.529. The summed E-state index contributed by atoms with van der Waals surface area (Å²) in [5, 5.41) is 11.6. The number of carbonyl (C=O) groups is 2. The van der Waals surface area contributed by atoms with E-state index in [0.717, 1.165) is 10.5 Å². The molecule has 0 aliphatic carbocycles. The number of amides is 1. The Labute approximate surface area is 140 Å². The second-order valence-corrected chi connectivity index (χ2v) is 8.62. The highest BCUT2D eigenvalue weighted by Crippen LogP contribution is 2.46. The number of anilines is 1. The second-order valence-electron chi connectivity index (χ2n) is 7.37. The molecular formula is C17H23NO4S. The molecule has 0 saturated carbocycles. The monoisotopic (exact) mass is 337 g/mol. The zero-order chi connectivity index (χ0) is 17.4. The number of rotatable bonds is 2. The lowest BCUT2D eigenvalue weighted by atomic mass is 9.79. The van der Waals surface area contributed by atoms with Gasteiger partial charge in [0.05, 0.1) is 0 Å². The van der Waals surface area contributed by atoms with E-state index < -0.39 is 22.9 Å². The summed E-state index contributed by atoms with van der Waals surface area (Å²) in [4.78, 5) is 24.1. The van der Waals surface area contributed by atoms with E-state index in [0.29, 0.717) is 12.1 Å². The third-order valence-electron chi connectivity index (χ3n) is 3.59.